The van der Waals surface area contributed by atoms with E-state index in [0.29, 0.717) is 23.0 Å². The average molecular weight is 356 g/mol. The standard InChI is InChI=1S/C19H20N2O3S/c1-14-8-6-7-11-18(14)25(22,23)20-13-12-17-15(2)24-19(21-17)16-9-4-3-5-10-16/h3-11,20H,12-13H2,1-2H3. The average Bonchev–Trinajstić information content (AvgIpc) is 2.97. The summed E-state index contributed by atoms with van der Waals surface area (Å²) in [4.78, 5) is 4.79. The summed E-state index contributed by atoms with van der Waals surface area (Å²) in [5, 5.41) is 0. The van der Waals surface area contributed by atoms with Crippen LogP contribution in [0.25, 0.3) is 11.5 Å². The Morgan fingerprint density at radius 1 is 1.00 bits per heavy atom. The summed E-state index contributed by atoms with van der Waals surface area (Å²) in [5.41, 5.74) is 2.38. The molecular formula is C19H20N2O3S. The van der Waals surface area contributed by atoms with Gasteiger partial charge in [0.2, 0.25) is 15.9 Å². The van der Waals surface area contributed by atoms with Gasteiger partial charge < -0.3 is 4.42 Å². The van der Waals surface area contributed by atoms with E-state index in [0.717, 1.165) is 16.8 Å². The molecule has 0 aliphatic heterocycles. The molecule has 0 aliphatic carbocycles. The number of benzene rings is 2. The number of nitrogens with one attached hydrogen (secondary N) is 1. The summed E-state index contributed by atoms with van der Waals surface area (Å²) >= 11 is 0. The SMILES string of the molecule is Cc1ccccc1S(=O)(=O)NCCc1nc(-c2ccccc2)oc1C. The molecule has 0 saturated carbocycles. The van der Waals surface area contributed by atoms with Crippen molar-refractivity contribution < 1.29 is 12.8 Å². The van der Waals surface area contributed by atoms with Gasteiger partial charge in [0.15, 0.2) is 0 Å². The third kappa shape index (κ3) is 3.97. The van der Waals surface area contributed by atoms with Crippen LogP contribution < -0.4 is 4.72 Å². The van der Waals surface area contributed by atoms with Crippen molar-refractivity contribution in [3.8, 4) is 11.5 Å². The summed E-state index contributed by atoms with van der Waals surface area (Å²) in [5.74, 6) is 1.25. The fraction of sp³-hybridized carbons (Fsp3) is 0.211. The smallest absolute Gasteiger partial charge is 0.240 e. The van der Waals surface area contributed by atoms with Crippen molar-refractivity contribution in [3.05, 3.63) is 71.6 Å². The molecule has 0 bridgehead atoms. The molecule has 25 heavy (non-hydrogen) atoms. The highest BCUT2D eigenvalue weighted by molar-refractivity contribution is 7.89. The van der Waals surface area contributed by atoms with Crippen molar-refractivity contribution in [2.75, 3.05) is 6.54 Å². The van der Waals surface area contributed by atoms with E-state index in [1.165, 1.54) is 0 Å². The topological polar surface area (TPSA) is 72.2 Å². The normalized spacial score (nSPS) is 11.6. The van der Waals surface area contributed by atoms with Crippen molar-refractivity contribution in [2.24, 2.45) is 0 Å². The second-order valence-electron chi connectivity index (χ2n) is 5.80. The summed E-state index contributed by atoms with van der Waals surface area (Å²) in [6.07, 6.45) is 0.466. The van der Waals surface area contributed by atoms with Crippen LogP contribution in [0, 0.1) is 13.8 Å². The monoisotopic (exact) mass is 356 g/mol. The summed E-state index contributed by atoms with van der Waals surface area (Å²) in [6, 6.07) is 16.5. The Labute approximate surface area is 147 Å². The van der Waals surface area contributed by atoms with E-state index in [4.69, 9.17) is 4.42 Å². The molecule has 1 aromatic heterocycles. The Balaban J connectivity index is 1.69. The lowest BCUT2D eigenvalue weighted by Gasteiger charge is -2.08. The van der Waals surface area contributed by atoms with E-state index < -0.39 is 10.0 Å². The van der Waals surface area contributed by atoms with E-state index in [-0.39, 0.29) is 6.54 Å². The zero-order valence-corrected chi connectivity index (χ0v) is 15.0. The highest BCUT2D eigenvalue weighted by atomic mass is 32.2. The van der Waals surface area contributed by atoms with Gasteiger partial charge in [-0.25, -0.2) is 18.1 Å². The molecule has 0 spiro atoms. The highest BCUT2D eigenvalue weighted by Crippen LogP contribution is 2.21. The highest BCUT2D eigenvalue weighted by Gasteiger charge is 2.17. The zero-order valence-electron chi connectivity index (χ0n) is 14.2. The van der Waals surface area contributed by atoms with Crippen molar-refractivity contribution in [2.45, 2.75) is 25.2 Å². The molecular weight excluding hydrogens is 336 g/mol. The van der Waals surface area contributed by atoms with Gasteiger partial charge in [0.25, 0.3) is 0 Å². The van der Waals surface area contributed by atoms with Crippen LogP contribution >= 0.6 is 0 Å². The number of oxazole rings is 1. The van der Waals surface area contributed by atoms with Crippen LogP contribution in [0.5, 0.6) is 0 Å². The van der Waals surface area contributed by atoms with E-state index in [1.54, 1.807) is 25.1 Å². The molecule has 6 heteroatoms. The summed E-state index contributed by atoms with van der Waals surface area (Å²) in [7, 11) is -3.53. The first-order valence-corrected chi connectivity index (χ1v) is 9.53. The zero-order chi connectivity index (χ0) is 17.9. The van der Waals surface area contributed by atoms with Gasteiger partial charge in [-0.3, -0.25) is 0 Å². The molecule has 1 heterocycles. The van der Waals surface area contributed by atoms with Crippen LogP contribution in [-0.2, 0) is 16.4 Å². The van der Waals surface area contributed by atoms with E-state index in [9.17, 15) is 8.42 Å². The molecule has 0 saturated heterocycles. The van der Waals surface area contributed by atoms with Gasteiger partial charge >= 0.3 is 0 Å². The quantitative estimate of drug-likeness (QED) is 0.734. The predicted molar refractivity (Wildman–Crippen MR) is 96.7 cm³/mol. The van der Waals surface area contributed by atoms with Crippen molar-refractivity contribution in [1.29, 1.82) is 0 Å². The number of sulfonamides is 1. The first-order valence-electron chi connectivity index (χ1n) is 8.04. The van der Waals surface area contributed by atoms with Gasteiger partial charge in [-0.2, -0.15) is 0 Å². The first-order chi connectivity index (χ1) is 12.0. The van der Waals surface area contributed by atoms with E-state index in [1.807, 2.05) is 43.3 Å². The number of hydrogen-bond acceptors (Lipinski definition) is 4. The second kappa shape index (κ2) is 7.21. The maximum atomic E-state index is 12.4. The van der Waals surface area contributed by atoms with E-state index in [2.05, 4.69) is 9.71 Å². The Bertz CT molecular complexity index is 963. The Hall–Kier alpha value is -2.44. The molecule has 3 aromatic rings. The maximum Gasteiger partial charge on any atom is 0.240 e. The van der Waals surface area contributed by atoms with Gasteiger partial charge in [-0.15, -0.1) is 0 Å². The maximum absolute atomic E-state index is 12.4. The number of nitrogens with zero attached hydrogens (tertiary/aromatic N) is 1. The van der Waals surface area contributed by atoms with Gasteiger partial charge in [-0.1, -0.05) is 36.4 Å². The number of hydrogen-bond donors (Lipinski definition) is 1. The Kier molecular flexibility index (Phi) is 5.01. The molecule has 2 aromatic carbocycles. The van der Waals surface area contributed by atoms with Crippen LogP contribution in [-0.4, -0.2) is 19.9 Å². The van der Waals surface area contributed by atoms with Crippen molar-refractivity contribution in [3.63, 3.8) is 0 Å². The van der Waals surface area contributed by atoms with Crippen molar-refractivity contribution in [1.82, 2.24) is 9.71 Å². The largest absolute Gasteiger partial charge is 0.441 e. The molecule has 0 aliphatic rings. The molecule has 0 fully saturated rings. The lowest BCUT2D eigenvalue weighted by molar-refractivity contribution is 0.538. The van der Waals surface area contributed by atoms with E-state index >= 15 is 0 Å². The Morgan fingerprint density at radius 2 is 1.68 bits per heavy atom. The molecule has 3 rings (SSSR count). The molecule has 0 amide bonds. The Morgan fingerprint density at radius 3 is 2.40 bits per heavy atom. The minimum atomic E-state index is -3.53. The number of aromatic nitrogens is 1. The van der Waals surface area contributed by atoms with Gasteiger partial charge in [0.1, 0.15) is 5.76 Å². The molecule has 1 N–H and O–H groups in total. The van der Waals surface area contributed by atoms with Crippen LogP contribution in [0.4, 0.5) is 0 Å². The van der Waals surface area contributed by atoms with Crippen LogP contribution in [0.3, 0.4) is 0 Å². The molecule has 5 nitrogen and oxygen atoms in total. The van der Waals surface area contributed by atoms with Crippen LogP contribution in [0.2, 0.25) is 0 Å². The first kappa shape index (κ1) is 17.4. The van der Waals surface area contributed by atoms with Gasteiger partial charge in [0, 0.05) is 18.5 Å². The minimum Gasteiger partial charge on any atom is -0.441 e. The fourth-order valence-electron chi connectivity index (χ4n) is 2.60. The van der Waals surface area contributed by atoms with Crippen LogP contribution in [0.1, 0.15) is 17.0 Å². The third-order valence-electron chi connectivity index (χ3n) is 3.95. The molecule has 0 atom stereocenters. The van der Waals surface area contributed by atoms with Gasteiger partial charge in [0.05, 0.1) is 10.6 Å². The van der Waals surface area contributed by atoms with Crippen molar-refractivity contribution >= 4 is 10.0 Å². The number of rotatable bonds is 6. The minimum absolute atomic E-state index is 0.262. The lowest BCUT2D eigenvalue weighted by atomic mass is 10.2. The second-order valence-corrected chi connectivity index (χ2v) is 7.54. The molecule has 0 unspecified atom stereocenters. The van der Waals surface area contributed by atoms with Crippen LogP contribution in [0.15, 0.2) is 63.9 Å². The summed E-state index contributed by atoms with van der Waals surface area (Å²) < 4.78 is 33.1. The fourth-order valence-corrected chi connectivity index (χ4v) is 3.88. The number of aryl methyl sites for hydroxylation is 2. The van der Waals surface area contributed by atoms with Gasteiger partial charge in [-0.05, 0) is 37.6 Å². The molecule has 0 radical (unpaired) electrons. The third-order valence-corrected chi connectivity index (χ3v) is 5.57. The lowest BCUT2D eigenvalue weighted by Crippen LogP contribution is -2.26. The predicted octanol–water partition coefficient (Wildman–Crippen LogP) is 3.48. The molecule has 130 valence electrons. The summed E-state index contributed by atoms with van der Waals surface area (Å²) in [6.45, 7) is 3.88.